The Kier molecular flexibility index (Phi) is 6.68. The molecule has 1 aromatic carbocycles. The van der Waals surface area contributed by atoms with Gasteiger partial charge in [0, 0.05) is 19.2 Å². The summed E-state index contributed by atoms with van der Waals surface area (Å²) in [5.41, 5.74) is 5.86. The van der Waals surface area contributed by atoms with Crippen molar-refractivity contribution in [2.24, 2.45) is 5.73 Å². The molecule has 1 atom stereocenters. The van der Waals surface area contributed by atoms with Gasteiger partial charge in [0.15, 0.2) is 0 Å². The van der Waals surface area contributed by atoms with E-state index in [9.17, 15) is 9.59 Å². The van der Waals surface area contributed by atoms with E-state index >= 15 is 0 Å². The lowest BCUT2D eigenvalue weighted by atomic mass is 10.0. The van der Waals surface area contributed by atoms with Crippen LogP contribution in [0.3, 0.4) is 0 Å². The molecule has 0 saturated heterocycles. The maximum absolute atomic E-state index is 12.7. The van der Waals surface area contributed by atoms with Gasteiger partial charge in [-0.05, 0) is 25.8 Å². The van der Waals surface area contributed by atoms with E-state index in [1.54, 1.807) is 29.2 Å². The van der Waals surface area contributed by atoms with E-state index in [4.69, 9.17) is 10.8 Å². The van der Waals surface area contributed by atoms with Gasteiger partial charge in [0.2, 0.25) is 5.91 Å². The predicted molar refractivity (Wildman–Crippen MR) is 80.5 cm³/mol. The molecule has 116 valence electrons. The zero-order valence-electron chi connectivity index (χ0n) is 12.5. The van der Waals surface area contributed by atoms with Gasteiger partial charge in [0.1, 0.15) is 6.04 Å². The minimum absolute atomic E-state index is 0.00967. The first kappa shape index (κ1) is 17.0. The number of hydrogen-bond acceptors (Lipinski definition) is 3. The van der Waals surface area contributed by atoms with Crippen molar-refractivity contribution in [3.63, 3.8) is 0 Å². The lowest BCUT2D eigenvalue weighted by Crippen LogP contribution is -2.47. The number of aliphatic hydroxyl groups excluding tert-OH is 1. The van der Waals surface area contributed by atoms with Crippen LogP contribution >= 0.6 is 0 Å². The van der Waals surface area contributed by atoms with Gasteiger partial charge in [0.25, 0.3) is 0 Å². The molecule has 0 spiro atoms. The molecular formula is C15H23N3O3. The third-order valence-corrected chi connectivity index (χ3v) is 3.13. The molecule has 1 unspecified atom stereocenters. The summed E-state index contributed by atoms with van der Waals surface area (Å²) in [6.45, 7) is 4.22. The highest BCUT2D eigenvalue weighted by Crippen LogP contribution is 2.17. The quantitative estimate of drug-likeness (QED) is 0.700. The fraction of sp³-hybridized carbons (Fsp3) is 0.467. The number of benzene rings is 1. The number of urea groups is 1. The van der Waals surface area contributed by atoms with Crippen molar-refractivity contribution in [2.45, 2.75) is 32.4 Å². The van der Waals surface area contributed by atoms with Crippen LogP contribution in [0.25, 0.3) is 0 Å². The molecule has 6 nitrogen and oxygen atoms in total. The summed E-state index contributed by atoms with van der Waals surface area (Å²) in [6, 6.07) is 7.36. The molecule has 3 amide bonds. The zero-order valence-corrected chi connectivity index (χ0v) is 12.5. The number of nitrogens with one attached hydrogen (secondary N) is 1. The lowest BCUT2D eigenvalue weighted by Gasteiger charge is -2.31. The van der Waals surface area contributed by atoms with Crippen molar-refractivity contribution >= 4 is 11.9 Å². The van der Waals surface area contributed by atoms with E-state index in [0.717, 1.165) is 0 Å². The molecule has 0 aromatic heterocycles. The van der Waals surface area contributed by atoms with Gasteiger partial charge in [0.05, 0.1) is 0 Å². The van der Waals surface area contributed by atoms with Crippen LogP contribution in [0.4, 0.5) is 4.79 Å². The Hall–Kier alpha value is -2.08. The van der Waals surface area contributed by atoms with Crippen molar-refractivity contribution in [1.29, 1.82) is 0 Å². The van der Waals surface area contributed by atoms with Crippen LogP contribution in [0.2, 0.25) is 0 Å². The van der Waals surface area contributed by atoms with Crippen LogP contribution in [0.5, 0.6) is 0 Å². The molecule has 0 fully saturated rings. The topological polar surface area (TPSA) is 95.7 Å². The molecule has 0 heterocycles. The summed E-state index contributed by atoms with van der Waals surface area (Å²) in [5.74, 6) is -0.233. The van der Waals surface area contributed by atoms with E-state index in [0.29, 0.717) is 18.5 Å². The number of carbonyl (C=O) groups is 2. The number of nitrogens with two attached hydrogens (primary N) is 1. The molecule has 6 heteroatoms. The second kappa shape index (κ2) is 8.26. The highest BCUT2D eigenvalue weighted by atomic mass is 16.3. The molecule has 4 N–H and O–H groups in total. The molecular weight excluding hydrogens is 270 g/mol. The Morgan fingerprint density at radius 3 is 2.38 bits per heavy atom. The third kappa shape index (κ3) is 5.07. The standard InChI is InChI=1S/C15H23N3O3/c1-11(2)18(9-6-10-19)14(20)13(17-15(16)21)12-7-4-3-5-8-12/h3-5,7-8,11,13,19H,6,9-10H2,1-2H3,(H3,16,17,21). The van der Waals surface area contributed by atoms with Crippen LogP contribution in [0.1, 0.15) is 31.9 Å². The van der Waals surface area contributed by atoms with Crippen LogP contribution in [0.15, 0.2) is 30.3 Å². The van der Waals surface area contributed by atoms with Crippen molar-refractivity contribution in [3.8, 4) is 0 Å². The van der Waals surface area contributed by atoms with Gasteiger partial charge >= 0.3 is 6.03 Å². The van der Waals surface area contributed by atoms with Crippen molar-refractivity contribution < 1.29 is 14.7 Å². The average molecular weight is 293 g/mol. The summed E-state index contributed by atoms with van der Waals surface area (Å²) < 4.78 is 0. The normalized spacial score (nSPS) is 12.0. The molecule has 0 bridgehead atoms. The molecule has 1 rings (SSSR count). The van der Waals surface area contributed by atoms with Gasteiger partial charge in [-0.2, -0.15) is 0 Å². The number of carbonyl (C=O) groups excluding carboxylic acids is 2. The Morgan fingerprint density at radius 2 is 1.90 bits per heavy atom. The fourth-order valence-electron chi connectivity index (χ4n) is 2.11. The maximum atomic E-state index is 12.7. The largest absolute Gasteiger partial charge is 0.396 e. The molecule has 0 saturated carbocycles. The van der Waals surface area contributed by atoms with Crippen molar-refractivity contribution in [2.75, 3.05) is 13.2 Å². The van der Waals surface area contributed by atoms with Gasteiger partial charge < -0.3 is 21.1 Å². The Morgan fingerprint density at radius 1 is 1.29 bits per heavy atom. The number of nitrogens with zero attached hydrogens (tertiary/aromatic N) is 1. The zero-order chi connectivity index (χ0) is 15.8. The van der Waals surface area contributed by atoms with Crippen LogP contribution in [-0.2, 0) is 4.79 Å². The highest BCUT2D eigenvalue weighted by molar-refractivity contribution is 5.87. The second-order valence-electron chi connectivity index (χ2n) is 5.05. The van der Waals surface area contributed by atoms with Gasteiger partial charge in [-0.3, -0.25) is 4.79 Å². The Balaban J connectivity index is 3.00. The van der Waals surface area contributed by atoms with E-state index in [2.05, 4.69) is 5.32 Å². The Labute approximate surface area is 124 Å². The highest BCUT2D eigenvalue weighted by Gasteiger charge is 2.28. The summed E-state index contributed by atoms with van der Waals surface area (Å²) in [6.07, 6.45) is 0.488. The molecule has 0 aliphatic rings. The van der Waals surface area contributed by atoms with E-state index < -0.39 is 12.1 Å². The Bertz CT molecular complexity index is 462. The fourth-order valence-corrected chi connectivity index (χ4v) is 2.11. The number of primary amides is 1. The first-order valence-corrected chi connectivity index (χ1v) is 6.99. The second-order valence-corrected chi connectivity index (χ2v) is 5.05. The molecule has 0 radical (unpaired) electrons. The summed E-state index contributed by atoms with van der Waals surface area (Å²) in [7, 11) is 0. The molecule has 1 aromatic rings. The SMILES string of the molecule is CC(C)N(CCCO)C(=O)C(NC(N)=O)c1ccccc1. The molecule has 0 aliphatic heterocycles. The predicted octanol–water partition coefficient (Wildman–Crippen LogP) is 1.02. The molecule has 21 heavy (non-hydrogen) atoms. The first-order chi connectivity index (χ1) is 9.97. The van der Waals surface area contributed by atoms with Gasteiger partial charge in [-0.1, -0.05) is 30.3 Å². The minimum Gasteiger partial charge on any atom is -0.396 e. The van der Waals surface area contributed by atoms with Crippen LogP contribution in [-0.4, -0.2) is 41.1 Å². The van der Waals surface area contributed by atoms with Gasteiger partial charge in [-0.25, -0.2) is 4.79 Å². The van der Waals surface area contributed by atoms with Crippen LogP contribution in [0, 0.1) is 0 Å². The van der Waals surface area contributed by atoms with E-state index in [1.807, 2.05) is 19.9 Å². The van der Waals surface area contributed by atoms with E-state index in [1.165, 1.54) is 0 Å². The maximum Gasteiger partial charge on any atom is 0.313 e. The number of hydrogen-bond donors (Lipinski definition) is 3. The number of amides is 3. The van der Waals surface area contributed by atoms with Crippen LogP contribution < -0.4 is 11.1 Å². The average Bonchev–Trinajstić information content (AvgIpc) is 2.45. The summed E-state index contributed by atoms with van der Waals surface area (Å²) >= 11 is 0. The minimum atomic E-state index is -0.815. The van der Waals surface area contributed by atoms with E-state index in [-0.39, 0.29) is 18.6 Å². The molecule has 0 aliphatic carbocycles. The smallest absolute Gasteiger partial charge is 0.313 e. The third-order valence-electron chi connectivity index (χ3n) is 3.13. The number of rotatable bonds is 7. The van der Waals surface area contributed by atoms with Crippen molar-refractivity contribution in [3.05, 3.63) is 35.9 Å². The number of aliphatic hydroxyl groups is 1. The summed E-state index contributed by atoms with van der Waals surface area (Å²) in [5, 5.41) is 11.4. The van der Waals surface area contributed by atoms with Crippen molar-refractivity contribution in [1.82, 2.24) is 10.2 Å². The summed E-state index contributed by atoms with van der Waals surface area (Å²) in [4.78, 5) is 25.5. The first-order valence-electron chi connectivity index (χ1n) is 6.99. The lowest BCUT2D eigenvalue weighted by molar-refractivity contribution is -0.135. The monoisotopic (exact) mass is 293 g/mol. The van der Waals surface area contributed by atoms with Gasteiger partial charge in [-0.15, -0.1) is 0 Å².